The zero-order valence-corrected chi connectivity index (χ0v) is 13.3. The number of nitrogens with zero attached hydrogens (tertiary/aromatic N) is 1. The van der Waals surface area contributed by atoms with Crippen LogP contribution in [0.25, 0.3) is 0 Å². The second-order valence-corrected chi connectivity index (χ2v) is 5.93. The van der Waals surface area contributed by atoms with Crippen molar-refractivity contribution in [2.45, 2.75) is 39.7 Å². The Morgan fingerprint density at radius 1 is 1.52 bits per heavy atom. The van der Waals surface area contributed by atoms with E-state index in [-0.39, 0.29) is 11.9 Å². The monoisotopic (exact) mass is 290 g/mol. The topological polar surface area (TPSA) is 55.6 Å². The van der Waals surface area contributed by atoms with Crippen LogP contribution in [0.2, 0.25) is 0 Å². The van der Waals surface area contributed by atoms with Crippen LogP contribution in [0.5, 0.6) is 5.75 Å². The van der Waals surface area contributed by atoms with Crippen LogP contribution in [0.3, 0.4) is 0 Å². The lowest BCUT2D eigenvalue weighted by Gasteiger charge is -2.34. The summed E-state index contributed by atoms with van der Waals surface area (Å²) in [7, 11) is 0. The first-order chi connectivity index (χ1) is 10.0. The molecule has 1 heterocycles. The number of carbonyl (C=O) groups excluding carboxylic acids is 1. The van der Waals surface area contributed by atoms with Crippen molar-refractivity contribution in [1.82, 2.24) is 4.90 Å². The summed E-state index contributed by atoms with van der Waals surface area (Å²) in [4.78, 5) is 14.6. The Balaban J connectivity index is 2.14. The van der Waals surface area contributed by atoms with Crippen molar-refractivity contribution >= 4 is 5.91 Å². The fourth-order valence-corrected chi connectivity index (χ4v) is 2.85. The number of likely N-dealkylation sites (tertiary alicyclic amines) is 1. The van der Waals surface area contributed by atoms with Gasteiger partial charge in [-0.25, -0.2) is 0 Å². The van der Waals surface area contributed by atoms with Crippen molar-refractivity contribution in [1.29, 1.82) is 0 Å². The number of nitrogens with two attached hydrogens (primary N) is 1. The zero-order chi connectivity index (χ0) is 15.4. The minimum atomic E-state index is 0.0845. The molecule has 0 radical (unpaired) electrons. The van der Waals surface area contributed by atoms with Crippen molar-refractivity contribution in [2.75, 3.05) is 19.7 Å². The molecule has 1 aromatic rings. The summed E-state index contributed by atoms with van der Waals surface area (Å²) in [6.07, 6.45) is 2.14. The van der Waals surface area contributed by atoms with Gasteiger partial charge in [-0.3, -0.25) is 4.79 Å². The van der Waals surface area contributed by atoms with E-state index in [1.807, 2.05) is 43.9 Å². The lowest BCUT2D eigenvalue weighted by Crippen LogP contribution is -2.45. The van der Waals surface area contributed by atoms with E-state index < -0.39 is 0 Å². The van der Waals surface area contributed by atoms with Crippen LogP contribution in [0.1, 0.15) is 42.6 Å². The van der Waals surface area contributed by atoms with Crippen LogP contribution in [-0.2, 0) is 0 Å². The SMILES string of the molecule is CCOc1cc(C(=O)N2CCCC(C(C)N)C2)ccc1C. The summed E-state index contributed by atoms with van der Waals surface area (Å²) < 4.78 is 5.58. The first-order valence-electron chi connectivity index (χ1n) is 7.81. The average molecular weight is 290 g/mol. The van der Waals surface area contributed by atoms with Crippen molar-refractivity contribution in [2.24, 2.45) is 11.7 Å². The van der Waals surface area contributed by atoms with E-state index in [0.29, 0.717) is 18.1 Å². The van der Waals surface area contributed by atoms with Gasteiger partial charge in [-0.1, -0.05) is 6.07 Å². The molecule has 116 valence electrons. The van der Waals surface area contributed by atoms with Gasteiger partial charge in [0.25, 0.3) is 5.91 Å². The Morgan fingerprint density at radius 3 is 2.95 bits per heavy atom. The third-order valence-electron chi connectivity index (χ3n) is 4.22. The average Bonchev–Trinajstić information content (AvgIpc) is 2.49. The van der Waals surface area contributed by atoms with E-state index in [2.05, 4.69) is 0 Å². The highest BCUT2D eigenvalue weighted by atomic mass is 16.5. The van der Waals surface area contributed by atoms with Crippen molar-refractivity contribution in [3.8, 4) is 5.75 Å². The van der Waals surface area contributed by atoms with Crippen LogP contribution in [0.4, 0.5) is 0 Å². The second-order valence-electron chi connectivity index (χ2n) is 5.93. The molecule has 2 N–H and O–H groups in total. The number of piperidine rings is 1. The van der Waals surface area contributed by atoms with E-state index in [4.69, 9.17) is 10.5 Å². The molecule has 4 nitrogen and oxygen atoms in total. The first kappa shape index (κ1) is 15.8. The highest BCUT2D eigenvalue weighted by Crippen LogP contribution is 2.24. The molecule has 0 saturated carbocycles. The van der Waals surface area contributed by atoms with Crippen molar-refractivity contribution in [3.63, 3.8) is 0 Å². The minimum Gasteiger partial charge on any atom is -0.494 e. The molecule has 0 bridgehead atoms. The molecule has 1 fully saturated rings. The molecule has 2 atom stereocenters. The Hall–Kier alpha value is -1.55. The third-order valence-corrected chi connectivity index (χ3v) is 4.22. The van der Waals surface area contributed by atoms with Gasteiger partial charge in [0.1, 0.15) is 5.75 Å². The standard InChI is InChI=1S/C17H26N2O2/c1-4-21-16-10-14(8-7-12(16)2)17(20)19-9-5-6-15(11-19)13(3)18/h7-8,10,13,15H,4-6,9,11,18H2,1-3H3. The van der Waals surface area contributed by atoms with Crippen LogP contribution >= 0.6 is 0 Å². The number of hydrogen-bond donors (Lipinski definition) is 1. The van der Waals surface area contributed by atoms with Gasteiger partial charge in [-0.05, 0) is 57.2 Å². The molecular formula is C17H26N2O2. The van der Waals surface area contributed by atoms with Crippen LogP contribution in [0.15, 0.2) is 18.2 Å². The number of rotatable bonds is 4. The molecule has 1 amide bonds. The molecule has 2 rings (SSSR count). The maximum Gasteiger partial charge on any atom is 0.253 e. The maximum atomic E-state index is 12.7. The lowest BCUT2D eigenvalue weighted by molar-refractivity contribution is 0.0660. The molecule has 0 aliphatic carbocycles. The largest absolute Gasteiger partial charge is 0.494 e. The fourth-order valence-electron chi connectivity index (χ4n) is 2.85. The molecule has 0 spiro atoms. The zero-order valence-electron chi connectivity index (χ0n) is 13.3. The van der Waals surface area contributed by atoms with Crippen LogP contribution < -0.4 is 10.5 Å². The molecule has 0 aromatic heterocycles. The highest BCUT2D eigenvalue weighted by Gasteiger charge is 2.26. The summed E-state index contributed by atoms with van der Waals surface area (Å²) in [6, 6.07) is 5.83. The number of benzene rings is 1. The third kappa shape index (κ3) is 3.76. The number of hydrogen-bond acceptors (Lipinski definition) is 3. The number of carbonyl (C=O) groups is 1. The van der Waals surface area contributed by atoms with E-state index in [0.717, 1.165) is 37.2 Å². The summed E-state index contributed by atoms with van der Waals surface area (Å²) >= 11 is 0. The van der Waals surface area contributed by atoms with Gasteiger partial charge in [0.15, 0.2) is 0 Å². The summed E-state index contributed by atoms with van der Waals surface area (Å²) in [5.74, 6) is 1.28. The lowest BCUT2D eigenvalue weighted by atomic mass is 9.92. The van der Waals surface area contributed by atoms with Gasteiger partial charge >= 0.3 is 0 Å². The minimum absolute atomic E-state index is 0.0845. The van der Waals surface area contributed by atoms with Gasteiger partial charge in [-0.15, -0.1) is 0 Å². The normalized spacial score (nSPS) is 20.2. The molecular weight excluding hydrogens is 264 g/mol. The number of aryl methyl sites for hydroxylation is 1. The Morgan fingerprint density at radius 2 is 2.29 bits per heavy atom. The molecule has 21 heavy (non-hydrogen) atoms. The summed E-state index contributed by atoms with van der Waals surface area (Å²) in [6.45, 7) is 8.15. The number of ether oxygens (including phenoxy) is 1. The van der Waals surface area contributed by atoms with Crippen LogP contribution in [-0.4, -0.2) is 36.5 Å². The molecule has 2 unspecified atom stereocenters. The smallest absolute Gasteiger partial charge is 0.253 e. The van der Waals surface area contributed by atoms with Crippen LogP contribution in [0, 0.1) is 12.8 Å². The Bertz CT molecular complexity index is 500. The van der Waals surface area contributed by atoms with E-state index in [9.17, 15) is 4.79 Å². The molecule has 1 aromatic carbocycles. The van der Waals surface area contributed by atoms with Crippen molar-refractivity contribution in [3.05, 3.63) is 29.3 Å². The van der Waals surface area contributed by atoms with E-state index in [1.165, 1.54) is 0 Å². The molecule has 1 saturated heterocycles. The van der Waals surface area contributed by atoms with E-state index >= 15 is 0 Å². The summed E-state index contributed by atoms with van der Waals surface area (Å²) in [5.41, 5.74) is 7.75. The highest BCUT2D eigenvalue weighted by molar-refractivity contribution is 5.94. The molecule has 4 heteroatoms. The van der Waals surface area contributed by atoms with Crippen molar-refractivity contribution < 1.29 is 9.53 Å². The summed E-state index contributed by atoms with van der Waals surface area (Å²) in [5, 5.41) is 0. The Kier molecular flexibility index (Phi) is 5.23. The molecule has 1 aliphatic rings. The molecule has 1 aliphatic heterocycles. The van der Waals surface area contributed by atoms with Gasteiger partial charge < -0.3 is 15.4 Å². The second kappa shape index (κ2) is 6.94. The maximum absolute atomic E-state index is 12.7. The predicted molar refractivity (Wildman–Crippen MR) is 84.6 cm³/mol. The quantitative estimate of drug-likeness (QED) is 0.927. The number of amides is 1. The van der Waals surface area contributed by atoms with E-state index in [1.54, 1.807) is 0 Å². The Labute approximate surface area is 127 Å². The van der Waals surface area contributed by atoms with Gasteiger partial charge in [-0.2, -0.15) is 0 Å². The van der Waals surface area contributed by atoms with Gasteiger partial charge in [0, 0.05) is 24.7 Å². The fraction of sp³-hybridized carbons (Fsp3) is 0.588. The van der Waals surface area contributed by atoms with Gasteiger partial charge in [0.05, 0.1) is 6.61 Å². The van der Waals surface area contributed by atoms with Gasteiger partial charge in [0.2, 0.25) is 0 Å². The predicted octanol–water partition coefficient (Wildman–Crippen LogP) is 2.59. The first-order valence-corrected chi connectivity index (χ1v) is 7.81.